The van der Waals surface area contributed by atoms with Crippen LogP contribution in [0, 0.1) is 0 Å². The van der Waals surface area contributed by atoms with Gasteiger partial charge in [-0.1, -0.05) is 0 Å². The van der Waals surface area contributed by atoms with E-state index in [0.29, 0.717) is 23.0 Å². The second kappa shape index (κ2) is 6.19. The van der Waals surface area contributed by atoms with Crippen molar-refractivity contribution in [3.05, 3.63) is 40.3 Å². The number of nitrogens with two attached hydrogens (primary N) is 1. The van der Waals surface area contributed by atoms with Gasteiger partial charge >= 0.3 is 0 Å². The summed E-state index contributed by atoms with van der Waals surface area (Å²) in [6.07, 6.45) is 1.58. The average molecular weight is 342 g/mol. The molecular formula is C14H16BrNO4. The molecule has 1 atom stereocenters. The van der Waals surface area contributed by atoms with Crippen molar-refractivity contribution in [2.75, 3.05) is 21.3 Å². The first-order valence-electron chi connectivity index (χ1n) is 5.90. The first kappa shape index (κ1) is 14.7. The third kappa shape index (κ3) is 2.62. The summed E-state index contributed by atoms with van der Waals surface area (Å²) in [6, 6.07) is 4.97. The Morgan fingerprint density at radius 3 is 2.10 bits per heavy atom. The minimum absolute atomic E-state index is 0.437. The summed E-state index contributed by atoms with van der Waals surface area (Å²) in [7, 11) is 4.69. The minimum atomic E-state index is -0.437. The molecule has 0 amide bonds. The highest BCUT2D eigenvalue weighted by Crippen LogP contribution is 2.41. The fourth-order valence-corrected chi connectivity index (χ4v) is 2.41. The van der Waals surface area contributed by atoms with Gasteiger partial charge in [0.05, 0.1) is 38.1 Å². The van der Waals surface area contributed by atoms with Crippen LogP contribution < -0.4 is 19.9 Å². The topological polar surface area (TPSA) is 66.9 Å². The molecule has 2 rings (SSSR count). The lowest BCUT2D eigenvalue weighted by Gasteiger charge is -2.17. The molecule has 0 fully saturated rings. The molecule has 1 aromatic heterocycles. The fourth-order valence-electron chi connectivity index (χ4n) is 1.96. The molecule has 0 aliphatic rings. The number of rotatable bonds is 5. The van der Waals surface area contributed by atoms with E-state index in [1.807, 2.05) is 0 Å². The second-order valence-corrected chi connectivity index (χ2v) is 4.92. The molecule has 0 aliphatic heterocycles. The zero-order valence-corrected chi connectivity index (χ0v) is 13.1. The molecule has 5 nitrogen and oxygen atoms in total. The first-order chi connectivity index (χ1) is 9.62. The van der Waals surface area contributed by atoms with Crippen molar-refractivity contribution in [3.63, 3.8) is 0 Å². The molecule has 1 unspecified atom stereocenters. The zero-order valence-electron chi connectivity index (χ0n) is 11.5. The van der Waals surface area contributed by atoms with Crippen LogP contribution >= 0.6 is 15.9 Å². The maximum atomic E-state index is 6.22. The van der Waals surface area contributed by atoms with Gasteiger partial charge in [-0.15, -0.1) is 0 Å². The van der Waals surface area contributed by atoms with E-state index in [4.69, 9.17) is 24.4 Å². The Kier molecular flexibility index (Phi) is 4.57. The molecule has 2 N–H and O–H groups in total. The zero-order chi connectivity index (χ0) is 14.7. The quantitative estimate of drug-likeness (QED) is 0.904. The van der Waals surface area contributed by atoms with Crippen LogP contribution in [-0.2, 0) is 0 Å². The Hall–Kier alpha value is -1.66. The molecule has 20 heavy (non-hydrogen) atoms. The summed E-state index contributed by atoms with van der Waals surface area (Å²) in [5.41, 5.74) is 7.03. The van der Waals surface area contributed by atoms with E-state index in [0.717, 1.165) is 10.0 Å². The predicted molar refractivity (Wildman–Crippen MR) is 78.5 cm³/mol. The van der Waals surface area contributed by atoms with Gasteiger partial charge in [-0.3, -0.25) is 0 Å². The molecule has 6 heteroatoms. The molecule has 2 aromatic rings. The summed E-state index contributed by atoms with van der Waals surface area (Å²) >= 11 is 3.40. The van der Waals surface area contributed by atoms with Crippen molar-refractivity contribution in [1.29, 1.82) is 0 Å². The molecule has 108 valence electrons. The van der Waals surface area contributed by atoms with Crippen molar-refractivity contribution in [3.8, 4) is 17.2 Å². The van der Waals surface area contributed by atoms with Gasteiger partial charge in [-0.2, -0.15) is 0 Å². The monoisotopic (exact) mass is 341 g/mol. The average Bonchev–Trinajstić information content (AvgIpc) is 2.90. The Labute approximate surface area is 125 Å². The SMILES string of the molecule is COc1cc(C(N)c2occc2Br)cc(OC)c1OC. The third-order valence-corrected chi connectivity index (χ3v) is 3.63. The van der Waals surface area contributed by atoms with E-state index in [1.54, 1.807) is 45.8 Å². The Balaban J connectivity index is 2.49. The first-order valence-corrected chi connectivity index (χ1v) is 6.70. The van der Waals surface area contributed by atoms with Crippen molar-refractivity contribution < 1.29 is 18.6 Å². The predicted octanol–water partition coefficient (Wildman–Crippen LogP) is 3.12. The van der Waals surface area contributed by atoms with Gasteiger partial charge in [-0.05, 0) is 39.7 Å². The summed E-state index contributed by atoms with van der Waals surface area (Å²) in [4.78, 5) is 0. The van der Waals surface area contributed by atoms with Gasteiger partial charge in [0, 0.05) is 0 Å². The summed E-state index contributed by atoms with van der Waals surface area (Å²) < 4.78 is 22.1. The molecule has 0 bridgehead atoms. The highest BCUT2D eigenvalue weighted by Gasteiger charge is 2.20. The minimum Gasteiger partial charge on any atom is -0.493 e. The Morgan fingerprint density at radius 1 is 1.10 bits per heavy atom. The lowest BCUT2D eigenvalue weighted by molar-refractivity contribution is 0.323. The standard InChI is InChI=1S/C14H16BrNO4/c1-17-10-6-8(7-11(18-2)14(10)19-3)12(16)13-9(15)4-5-20-13/h4-7,12H,16H2,1-3H3. The molecule has 1 heterocycles. The molecule has 0 saturated carbocycles. The van der Waals surface area contributed by atoms with Crippen molar-refractivity contribution in [2.45, 2.75) is 6.04 Å². The van der Waals surface area contributed by atoms with Gasteiger partial charge in [0.2, 0.25) is 5.75 Å². The van der Waals surface area contributed by atoms with Gasteiger partial charge in [0.25, 0.3) is 0 Å². The van der Waals surface area contributed by atoms with Crippen LogP contribution in [0.4, 0.5) is 0 Å². The number of furan rings is 1. The van der Waals surface area contributed by atoms with E-state index in [-0.39, 0.29) is 0 Å². The van der Waals surface area contributed by atoms with E-state index >= 15 is 0 Å². The highest BCUT2D eigenvalue weighted by molar-refractivity contribution is 9.10. The second-order valence-electron chi connectivity index (χ2n) is 4.07. The summed E-state index contributed by atoms with van der Waals surface area (Å²) in [5.74, 6) is 2.28. The van der Waals surface area contributed by atoms with Gasteiger partial charge in [0.1, 0.15) is 5.76 Å². The molecule has 0 aliphatic carbocycles. The van der Waals surface area contributed by atoms with Crippen LogP contribution in [0.3, 0.4) is 0 Å². The smallest absolute Gasteiger partial charge is 0.203 e. The molecule has 0 spiro atoms. The number of hydrogen-bond acceptors (Lipinski definition) is 5. The number of methoxy groups -OCH3 is 3. The van der Waals surface area contributed by atoms with Crippen LogP contribution in [-0.4, -0.2) is 21.3 Å². The maximum absolute atomic E-state index is 6.22. The summed E-state index contributed by atoms with van der Waals surface area (Å²) in [5, 5.41) is 0. The third-order valence-electron chi connectivity index (χ3n) is 2.97. The number of hydrogen-bond donors (Lipinski definition) is 1. The number of benzene rings is 1. The molecular weight excluding hydrogens is 326 g/mol. The lowest BCUT2D eigenvalue weighted by Crippen LogP contribution is -2.12. The van der Waals surface area contributed by atoms with Crippen LogP contribution in [0.2, 0.25) is 0 Å². The van der Waals surface area contributed by atoms with E-state index in [1.165, 1.54) is 0 Å². The van der Waals surface area contributed by atoms with E-state index in [2.05, 4.69) is 15.9 Å². The van der Waals surface area contributed by atoms with Crippen LogP contribution in [0.25, 0.3) is 0 Å². The number of halogens is 1. The van der Waals surface area contributed by atoms with Gasteiger partial charge in [-0.25, -0.2) is 0 Å². The number of ether oxygens (including phenoxy) is 3. The molecule has 0 saturated heterocycles. The van der Waals surface area contributed by atoms with Gasteiger partial charge < -0.3 is 24.4 Å². The van der Waals surface area contributed by atoms with E-state index < -0.39 is 6.04 Å². The van der Waals surface area contributed by atoms with Crippen LogP contribution in [0.5, 0.6) is 17.2 Å². The van der Waals surface area contributed by atoms with Crippen LogP contribution in [0.1, 0.15) is 17.4 Å². The van der Waals surface area contributed by atoms with E-state index in [9.17, 15) is 0 Å². The Bertz CT molecular complexity index is 572. The van der Waals surface area contributed by atoms with Crippen molar-refractivity contribution in [1.82, 2.24) is 0 Å². The lowest BCUT2D eigenvalue weighted by atomic mass is 10.0. The van der Waals surface area contributed by atoms with Crippen LogP contribution in [0.15, 0.2) is 33.4 Å². The Morgan fingerprint density at radius 2 is 1.70 bits per heavy atom. The molecule has 0 radical (unpaired) electrons. The molecule has 1 aromatic carbocycles. The van der Waals surface area contributed by atoms with Crippen molar-refractivity contribution in [2.24, 2.45) is 5.73 Å². The van der Waals surface area contributed by atoms with Gasteiger partial charge in [0.15, 0.2) is 11.5 Å². The normalized spacial score (nSPS) is 12.1. The largest absolute Gasteiger partial charge is 0.493 e. The fraction of sp³-hybridized carbons (Fsp3) is 0.286. The summed E-state index contributed by atoms with van der Waals surface area (Å²) in [6.45, 7) is 0. The highest BCUT2D eigenvalue weighted by atomic mass is 79.9. The van der Waals surface area contributed by atoms with Crippen molar-refractivity contribution >= 4 is 15.9 Å². The maximum Gasteiger partial charge on any atom is 0.203 e.